The Hall–Kier alpha value is -1.23. The van der Waals surface area contributed by atoms with Gasteiger partial charge in [-0.1, -0.05) is 6.07 Å². The molecule has 1 aliphatic carbocycles. The van der Waals surface area contributed by atoms with Crippen molar-refractivity contribution in [2.24, 2.45) is 5.73 Å². The second-order valence-electron chi connectivity index (χ2n) is 5.76. The highest BCUT2D eigenvalue weighted by Crippen LogP contribution is 2.54. The van der Waals surface area contributed by atoms with Crippen LogP contribution in [0.3, 0.4) is 0 Å². The Labute approximate surface area is 111 Å². The van der Waals surface area contributed by atoms with Gasteiger partial charge in [0.15, 0.2) is 0 Å². The highest BCUT2D eigenvalue weighted by atomic mass is 19.3. The van der Waals surface area contributed by atoms with E-state index in [1.807, 2.05) is 12.1 Å². The van der Waals surface area contributed by atoms with Crippen LogP contribution in [0.25, 0.3) is 0 Å². The summed E-state index contributed by atoms with van der Waals surface area (Å²) in [5.74, 6) is -1.71. The fourth-order valence-electron chi connectivity index (χ4n) is 3.37. The number of nitrogens with two attached hydrogens (primary N) is 1. The minimum atomic E-state index is -2.57. The summed E-state index contributed by atoms with van der Waals surface area (Å²) in [6, 6.07) is 3.74. The molecule has 1 saturated carbocycles. The van der Waals surface area contributed by atoms with Crippen LogP contribution < -0.4 is 10.6 Å². The van der Waals surface area contributed by atoms with Gasteiger partial charge < -0.3 is 10.6 Å². The van der Waals surface area contributed by atoms with E-state index in [1.165, 1.54) is 0 Å². The van der Waals surface area contributed by atoms with E-state index in [0.29, 0.717) is 0 Å². The molecule has 0 aromatic carbocycles. The first kappa shape index (κ1) is 12.8. The molecule has 0 atom stereocenters. The molecule has 1 aromatic heterocycles. The minimum absolute atomic E-state index is 0.150. The van der Waals surface area contributed by atoms with Crippen molar-refractivity contribution in [3.8, 4) is 0 Å². The van der Waals surface area contributed by atoms with Crippen molar-refractivity contribution in [1.29, 1.82) is 0 Å². The highest BCUT2D eigenvalue weighted by molar-refractivity contribution is 5.53. The van der Waals surface area contributed by atoms with Gasteiger partial charge in [-0.05, 0) is 18.9 Å². The van der Waals surface area contributed by atoms with Crippen molar-refractivity contribution in [3.05, 3.63) is 23.9 Å². The van der Waals surface area contributed by atoms with Crippen molar-refractivity contribution in [2.75, 3.05) is 24.5 Å². The molecular formula is C14H19F2N3. The van der Waals surface area contributed by atoms with Gasteiger partial charge in [0, 0.05) is 49.7 Å². The summed E-state index contributed by atoms with van der Waals surface area (Å²) < 4.78 is 26.7. The zero-order chi connectivity index (χ0) is 13.5. The van der Waals surface area contributed by atoms with Gasteiger partial charge in [0.1, 0.15) is 5.82 Å². The molecule has 0 bridgehead atoms. The monoisotopic (exact) mass is 267 g/mol. The summed E-state index contributed by atoms with van der Waals surface area (Å²) in [6.07, 6.45) is 3.72. The van der Waals surface area contributed by atoms with Gasteiger partial charge in [-0.25, -0.2) is 13.8 Å². The Morgan fingerprint density at radius 3 is 2.53 bits per heavy atom. The van der Waals surface area contributed by atoms with E-state index in [9.17, 15) is 8.78 Å². The molecule has 2 aliphatic rings. The van der Waals surface area contributed by atoms with Crippen molar-refractivity contribution >= 4 is 5.82 Å². The van der Waals surface area contributed by atoms with Gasteiger partial charge in [-0.3, -0.25) is 0 Å². The van der Waals surface area contributed by atoms with E-state index in [2.05, 4.69) is 9.88 Å². The van der Waals surface area contributed by atoms with E-state index in [1.54, 1.807) is 6.20 Å². The first-order chi connectivity index (χ1) is 9.06. The van der Waals surface area contributed by atoms with E-state index in [0.717, 1.165) is 37.3 Å². The smallest absolute Gasteiger partial charge is 0.250 e. The Balaban J connectivity index is 1.96. The quantitative estimate of drug-likeness (QED) is 0.913. The summed E-state index contributed by atoms with van der Waals surface area (Å²) in [4.78, 5) is 6.63. The average molecular weight is 267 g/mol. The van der Waals surface area contributed by atoms with Crippen LogP contribution in [-0.4, -0.2) is 30.5 Å². The maximum Gasteiger partial charge on any atom is 0.250 e. The van der Waals surface area contributed by atoms with E-state index >= 15 is 0 Å². The molecule has 0 spiro atoms. The Bertz CT molecular complexity index is 462. The summed E-state index contributed by atoms with van der Waals surface area (Å²) >= 11 is 0. The molecule has 1 saturated heterocycles. The van der Waals surface area contributed by atoms with E-state index in [4.69, 9.17) is 5.73 Å². The number of halogens is 2. The summed E-state index contributed by atoms with van der Waals surface area (Å²) in [7, 11) is 0. The van der Waals surface area contributed by atoms with Crippen molar-refractivity contribution in [2.45, 2.75) is 37.0 Å². The zero-order valence-corrected chi connectivity index (χ0v) is 10.9. The van der Waals surface area contributed by atoms with Gasteiger partial charge in [0.2, 0.25) is 5.92 Å². The minimum Gasteiger partial charge on any atom is -0.356 e. The summed E-state index contributed by atoms with van der Waals surface area (Å²) in [5, 5.41) is 0. The molecule has 3 rings (SSSR count). The molecule has 0 radical (unpaired) electrons. The zero-order valence-electron chi connectivity index (χ0n) is 10.9. The van der Waals surface area contributed by atoms with Gasteiger partial charge in [-0.15, -0.1) is 0 Å². The molecule has 2 heterocycles. The molecule has 0 amide bonds. The lowest BCUT2D eigenvalue weighted by molar-refractivity contribution is -0.123. The third-order valence-electron chi connectivity index (χ3n) is 4.35. The molecule has 5 heteroatoms. The maximum absolute atomic E-state index is 13.3. The number of pyridine rings is 1. The number of anilines is 1. The topological polar surface area (TPSA) is 42.1 Å². The van der Waals surface area contributed by atoms with Gasteiger partial charge in [0.05, 0.1) is 0 Å². The third-order valence-corrected chi connectivity index (χ3v) is 4.35. The van der Waals surface area contributed by atoms with Crippen LogP contribution in [0.4, 0.5) is 14.6 Å². The third kappa shape index (κ3) is 2.10. The molecule has 1 aromatic rings. The van der Waals surface area contributed by atoms with Crippen molar-refractivity contribution < 1.29 is 8.78 Å². The van der Waals surface area contributed by atoms with Crippen molar-refractivity contribution in [1.82, 2.24) is 4.98 Å². The normalized spacial score (nSPS) is 24.3. The van der Waals surface area contributed by atoms with Crippen LogP contribution >= 0.6 is 0 Å². The number of alkyl halides is 2. The van der Waals surface area contributed by atoms with Crippen LogP contribution in [0, 0.1) is 0 Å². The standard InChI is InChI=1S/C14H19F2N3/c15-14(16)8-13(9-14,10-17)11-4-3-5-18-12(11)19-6-1-2-7-19/h3-5H,1-2,6-10,17H2. The largest absolute Gasteiger partial charge is 0.356 e. The first-order valence-electron chi connectivity index (χ1n) is 6.85. The highest BCUT2D eigenvalue weighted by Gasteiger charge is 2.57. The Morgan fingerprint density at radius 2 is 1.95 bits per heavy atom. The predicted octanol–water partition coefficient (Wildman–Crippen LogP) is 2.31. The van der Waals surface area contributed by atoms with Gasteiger partial charge >= 0.3 is 0 Å². The molecule has 3 nitrogen and oxygen atoms in total. The second kappa shape index (κ2) is 4.40. The fourth-order valence-corrected chi connectivity index (χ4v) is 3.37. The molecular weight excluding hydrogens is 248 g/mol. The van der Waals surface area contributed by atoms with Crippen LogP contribution in [0.5, 0.6) is 0 Å². The van der Waals surface area contributed by atoms with Crippen LogP contribution in [-0.2, 0) is 5.41 Å². The number of hydrogen-bond acceptors (Lipinski definition) is 3. The molecule has 0 unspecified atom stereocenters. The molecule has 2 fully saturated rings. The predicted molar refractivity (Wildman–Crippen MR) is 70.6 cm³/mol. The van der Waals surface area contributed by atoms with Crippen molar-refractivity contribution in [3.63, 3.8) is 0 Å². The number of nitrogens with zero attached hydrogens (tertiary/aromatic N) is 2. The SMILES string of the molecule is NCC1(c2cccnc2N2CCCC2)CC(F)(F)C1. The molecule has 104 valence electrons. The average Bonchev–Trinajstić information content (AvgIpc) is 2.89. The van der Waals surface area contributed by atoms with E-state index in [-0.39, 0.29) is 19.4 Å². The fraction of sp³-hybridized carbons (Fsp3) is 0.643. The lowest BCUT2D eigenvalue weighted by atomic mass is 9.62. The Morgan fingerprint density at radius 1 is 1.26 bits per heavy atom. The molecule has 2 N–H and O–H groups in total. The molecule has 19 heavy (non-hydrogen) atoms. The maximum atomic E-state index is 13.3. The summed E-state index contributed by atoms with van der Waals surface area (Å²) in [6.45, 7) is 2.18. The number of rotatable bonds is 3. The second-order valence-corrected chi connectivity index (χ2v) is 5.76. The molecule has 1 aliphatic heterocycles. The van der Waals surface area contributed by atoms with Gasteiger partial charge in [0.25, 0.3) is 0 Å². The lowest BCUT2D eigenvalue weighted by Crippen LogP contribution is -2.54. The van der Waals surface area contributed by atoms with Crippen LogP contribution in [0.15, 0.2) is 18.3 Å². The lowest BCUT2D eigenvalue weighted by Gasteiger charge is -2.48. The number of hydrogen-bond donors (Lipinski definition) is 1. The summed E-state index contributed by atoms with van der Waals surface area (Å²) in [5.41, 5.74) is 6.13. The first-order valence-corrected chi connectivity index (χ1v) is 6.85. The number of aromatic nitrogens is 1. The van der Waals surface area contributed by atoms with Crippen LogP contribution in [0.1, 0.15) is 31.2 Å². The van der Waals surface area contributed by atoms with E-state index < -0.39 is 11.3 Å². The van der Waals surface area contributed by atoms with Gasteiger partial charge in [-0.2, -0.15) is 0 Å². The Kier molecular flexibility index (Phi) is 2.96. The van der Waals surface area contributed by atoms with Crippen LogP contribution in [0.2, 0.25) is 0 Å².